The number of hydrogen-bond donors (Lipinski definition) is 0. The highest BCUT2D eigenvalue weighted by Gasteiger charge is 2.38. The Morgan fingerprint density at radius 2 is 1.45 bits per heavy atom. The van der Waals surface area contributed by atoms with Crippen LogP contribution in [0.3, 0.4) is 0 Å². The molecule has 0 N–H and O–H groups in total. The lowest BCUT2D eigenvalue weighted by Crippen LogP contribution is -2.46. The van der Waals surface area contributed by atoms with Gasteiger partial charge in [0.1, 0.15) is 4.11 Å². The summed E-state index contributed by atoms with van der Waals surface area (Å²) in [5.41, 5.74) is 0.500. The Hall–Kier alpha value is 0.530. The van der Waals surface area contributed by atoms with Gasteiger partial charge in [0.05, 0.1) is 59.5 Å². The molecule has 0 saturated carbocycles. The molecule has 6 heteroatoms. The van der Waals surface area contributed by atoms with Crippen LogP contribution in [-0.2, 0) is 23.7 Å². The number of alkyl halides is 1. The molecule has 0 aromatic heterocycles. The molecule has 2 aliphatic heterocycles. The molecule has 0 aliphatic carbocycles. The molecule has 0 radical (unpaired) electrons. The lowest BCUT2D eigenvalue weighted by atomic mass is 9.84. The van der Waals surface area contributed by atoms with Crippen LogP contribution in [0, 0.1) is 10.8 Å². The van der Waals surface area contributed by atoms with E-state index in [9.17, 15) is 0 Å². The highest BCUT2D eigenvalue weighted by Crippen LogP contribution is 2.32. The molecule has 22 heavy (non-hydrogen) atoms. The van der Waals surface area contributed by atoms with E-state index in [1.807, 2.05) is 0 Å². The minimum atomic E-state index is 0.0867. The summed E-state index contributed by atoms with van der Waals surface area (Å²) in [4.78, 5) is 0. The normalized spacial score (nSPS) is 23.6. The highest BCUT2D eigenvalue weighted by atomic mass is 127. The Labute approximate surface area is 147 Å². The second-order valence-electron chi connectivity index (χ2n) is 6.54. The van der Waals surface area contributed by atoms with Gasteiger partial charge >= 0.3 is 0 Å². The topological polar surface area (TPSA) is 46.2 Å². The Balaban J connectivity index is 1.44. The number of halogens is 1. The SMILES string of the molecule is CCC1(COCCOCC(I)OCC2(CC)COC2)COC1. The third kappa shape index (κ3) is 5.27. The predicted octanol–water partition coefficient (Wildman–Crippen LogP) is 2.65. The van der Waals surface area contributed by atoms with E-state index in [-0.39, 0.29) is 14.9 Å². The van der Waals surface area contributed by atoms with Crippen LogP contribution in [0.4, 0.5) is 0 Å². The molecule has 2 fully saturated rings. The smallest absolute Gasteiger partial charge is 0.132 e. The van der Waals surface area contributed by atoms with Gasteiger partial charge in [0, 0.05) is 10.8 Å². The molecule has 2 heterocycles. The van der Waals surface area contributed by atoms with Crippen molar-refractivity contribution >= 4 is 22.6 Å². The Bertz CT molecular complexity index is 307. The van der Waals surface area contributed by atoms with Crippen molar-refractivity contribution in [3.8, 4) is 0 Å². The van der Waals surface area contributed by atoms with Crippen molar-refractivity contribution in [1.82, 2.24) is 0 Å². The van der Waals surface area contributed by atoms with E-state index in [0.29, 0.717) is 19.8 Å². The molecule has 130 valence electrons. The molecule has 0 bridgehead atoms. The van der Waals surface area contributed by atoms with Gasteiger partial charge in [-0.2, -0.15) is 0 Å². The van der Waals surface area contributed by atoms with Crippen LogP contribution in [-0.4, -0.2) is 63.6 Å². The molecular formula is C16H29IO5. The highest BCUT2D eigenvalue weighted by molar-refractivity contribution is 14.1. The van der Waals surface area contributed by atoms with Gasteiger partial charge in [0.25, 0.3) is 0 Å². The molecule has 5 nitrogen and oxygen atoms in total. The lowest BCUT2D eigenvalue weighted by Gasteiger charge is -2.40. The van der Waals surface area contributed by atoms with E-state index in [1.165, 1.54) is 0 Å². The molecule has 1 unspecified atom stereocenters. The summed E-state index contributed by atoms with van der Waals surface area (Å²) in [5, 5.41) is 0. The van der Waals surface area contributed by atoms with Crippen molar-refractivity contribution in [1.29, 1.82) is 0 Å². The van der Waals surface area contributed by atoms with Gasteiger partial charge < -0.3 is 23.7 Å². The molecular weight excluding hydrogens is 399 g/mol. The van der Waals surface area contributed by atoms with Crippen molar-refractivity contribution < 1.29 is 23.7 Å². The standard InChI is InChI=1S/C16H29IO5/c1-3-15(9-20-10-15)8-19-6-5-18-7-14(17)22-13-16(4-2)11-21-12-16/h14H,3-13H2,1-2H3. The van der Waals surface area contributed by atoms with E-state index in [4.69, 9.17) is 23.7 Å². The Kier molecular flexibility index (Phi) is 7.83. The Morgan fingerprint density at radius 3 is 1.95 bits per heavy atom. The zero-order valence-corrected chi connectivity index (χ0v) is 15.9. The third-order valence-electron chi connectivity index (χ3n) is 4.73. The van der Waals surface area contributed by atoms with Gasteiger partial charge in [0.2, 0.25) is 0 Å². The average molecular weight is 428 g/mol. The quantitative estimate of drug-likeness (QED) is 0.272. The second-order valence-corrected chi connectivity index (χ2v) is 7.93. The van der Waals surface area contributed by atoms with Crippen LogP contribution in [0.5, 0.6) is 0 Å². The van der Waals surface area contributed by atoms with Gasteiger partial charge in [-0.05, 0) is 35.4 Å². The largest absolute Gasteiger partial charge is 0.380 e. The van der Waals surface area contributed by atoms with Gasteiger partial charge in [-0.1, -0.05) is 13.8 Å². The van der Waals surface area contributed by atoms with Crippen molar-refractivity contribution in [3.63, 3.8) is 0 Å². The zero-order valence-electron chi connectivity index (χ0n) is 13.8. The molecule has 0 amide bonds. The van der Waals surface area contributed by atoms with E-state index in [2.05, 4.69) is 36.4 Å². The first-order valence-electron chi connectivity index (χ1n) is 8.20. The monoisotopic (exact) mass is 428 g/mol. The minimum Gasteiger partial charge on any atom is -0.380 e. The Morgan fingerprint density at radius 1 is 0.909 bits per heavy atom. The predicted molar refractivity (Wildman–Crippen MR) is 92.5 cm³/mol. The van der Waals surface area contributed by atoms with E-state index >= 15 is 0 Å². The van der Waals surface area contributed by atoms with Gasteiger partial charge in [0.15, 0.2) is 0 Å². The molecule has 2 rings (SSSR count). The van der Waals surface area contributed by atoms with Gasteiger partial charge in [-0.15, -0.1) is 0 Å². The maximum absolute atomic E-state index is 5.87. The van der Waals surface area contributed by atoms with E-state index in [1.54, 1.807) is 0 Å². The number of hydrogen-bond acceptors (Lipinski definition) is 5. The summed E-state index contributed by atoms with van der Waals surface area (Å²) >= 11 is 2.29. The summed E-state index contributed by atoms with van der Waals surface area (Å²) in [5.74, 6) is 0. The maximum atomic E-state index is 5.87. The molecule has 0 aromatic rings. The third-order valence-corrected chi connectivity index (χ3v) is 5.45. The second kappa shape index (κ2) is 9.13. The van der Waals surface area contributed by atoms with Gasteiger partial charge in [-0.25, -0.2) is 0 Å². The molecule has 0 spiro atoms. The van der Waals surface area contributed by atoms with Crippen molar-refractivity contribution in [2.75, 3.05) is 59.5 Å². The van der Waals surface area contributed by atoms with Crippen molar-refractivity contribution in [2.24, 2.45) is 10.8 Å². The van der Waals surface area contributed by atoms with Crippen LogP contribution in [0.15, 0.2) is 0 Å². The minimum absolute atomic E-state index is 0.0867. The first-order valence-corrected chi connectivity index (χ1v) is 9.45. The molecule has 2 aliphatic rings. The first kappa shape index (κ1) is 18.9. The van der Waals surface area contributed by atoms with E-state index < -0.39 is 0 Å². The molecule has 1 atom stereocenters. The first-order chi connectivity index (χ1) is 10.6. The van der Waals surface area contributed by atoms with Crippen molar-refractivity contribution in [3.05, 3.63) is 0 Å². The molecule has 0 aromatic carbocycles. The van der Waals surface area contributed by atoms with Gasteiger partial charge in [-0.3, -0.25) is 0 Å². The van der Waals surface area contributed by atoms with Crippen LogP contribution >= 0.6 is 22.6 Å². The van der Waals surface area contributed by atoms with Crippen molar-refractivity contribution in [2.45, 2.75) is 30.8 Å². The summed E-state index contributed by atoms with van der Waals surface area (Å²) in [6.07, 6.45) is 2.22. The van der Waals surface area contributed by atoms with Crippen LogP contribution in [0.1, 0.15) is 26.7 Å². The fourth-order valence-corrected chi connectivity index (χ4v) is 2.89. The number of ether oxygens (including phenoxy) is 5. The van der Waals surface area contributed by atoms with Crippen LogP contribution in [0.25, 0.3) is 0 Å². The van der Waals surface area contributed by atoms with Crippen LogP contribution in [0.2, 0.25) is 0 Å². The average Bonchev–Trinajstić information content (AvgIpc) is 2.44. The molecule has 2 saturated heterocycles. The zero-order chi connectivity index (χ0) is 15.9. The maximum Gasteiger partial charge on any atom is 0.132 e. The van der Waals surface area contributed by atoms with E-state index in [0.717, 1.165) is 52.5 Å². The fraction of sp³-hybridized carbons (Fsp3) is 1.00. The number of rotatable bonds is 12. The van der Waals surface area contributed by atoms with Crippen LogP contribution < -0.4 is 0 Å². The summed E-state index contributed by atoms with van der Waals surface area (Å²) in [6, 6.07) is 0. The lowest BCUT2D eigenvalue weighted by molar-refractivity contribution is -0.158. The summed E-state index contributed by atoms with van der Waals surface area (Å²) in [7, 11) is 0. The summed E-state index contributed by atoms with van der Waals surface area (Å²) < 4.78 is 27.9. The fourth-order valence-electron chi connectivity index (χ4n) is 2.46. The summed E-state index contributed by atoms with van der Waals surface area (Å²) in [6.45, 7) is 11.1.